The van der Waals surface area contributed by atoms with Gasteiger partial charge in [0.2, 0.25) is 5.91 Å². The van der Waals surface area contributed by atoms with Gasteiger partial charge in [-0.1, -0.05) is 11.6 Å². The Balaban J connectivity index is 2.21. The van der Waals surface area contributed by atoms with E-state index in [1.807, 2.05) is 13.0 Å². The minimum Gasteiger partial charge on any atom is -0.369 e. The van der Waals surface area contributed by atoms with E-state index in [0.717, 1.165) is 24.9 Å². The highest BCUT2D eigenvalue weighted by molar-refractivity contribution is 6.33. The zero-order valence-electron chi connectivity index (χ0n) is 11.1. The first-order chi connectivity index (χ1) is 9.00. The van der Waals surface area contributed by atoms with Gasteiger partial charge in [-0.2, -0.15) is 0 Å². The van der Waals surface area contributed by atoms with Gasteiger partial charge in [0.1, 0.15) is 6.29 Å². The lowest BCUT2D eigenvalue weighted by Crippen LogP contribution is -2.39. The van der Waals surface area contributed by atoms with E-state index in [1.165, 1.54) is 0 Å². The number of anilines is 1. The van der Waals surface area contributed by atoms with Gasteiger partial charge < -0.3 is 10.2 Å². The molecule has 1 aromatic carbocycles. The molecule has 19 heavy (non-hydrogen) atoms. The Labute approximate surface area is 117 Å². The van der Waals surface area contributed by atoms with Crippen LogP contribution >= 0.6 is 11.6 Å². The largest absolute Gasteiger partial charge is 0.369 e. The van der Waals surface area contributed by atoms with E-state index < -0.39 is 0 Å². The molecule has 102 valence electrons. The maximum Gasteiger partial charge on any atom is 0.227 e. The third-order valence-corrected chi connectivity index (χ3v) is 4.00. The molecule has 1 aliphatic rings. The van der Waals surface area contributed by atoms with Crippen molar-refractivity contribution in [1.82, 2.24) is 5.32 Å². The maximum absolute atomic E-state index is 11.9. The van der Waals surface area contributed by atoms with E-state index in [1.54, 1.807) is 19.2 Å². The summed E-state index contributed by atoms with van der Waals surface area (Å²) in [5.74, 6) is 0.0515. The standard InChI is InChI=1S/C14H17ClN2O2/c1-14(13(19)16-2)5-6-17(9-14)12-4-3-10(8-18)7-11(12)15/h3-4,7-8H,5-6,9H2,1-2H3,(H,16,19). The maximum atomic E-state index is 11.9. The van der Waals surface area contributed by atoms with Crippen LogP contribution in [0.2, 0.25) is 5.02 Å². The van der Waals surface area contributed by atoms with E-state index in [4.69, 9.17) is 11.6 Å². The summed E-state index contributed by atoms with van der Waals surface area (Å²) in [6.45, 7) is 3.37. The summed E-state index contributed by atoms with van der Waals surface area (Å²) in [5, 5.41) is 3.25. The highest BCUT2D eigenvalue weighted by Crippen LogP contribution is 2.36. The first-order valence-corrected chi connectivity index (χ1v) is 6.60. The Morgan fingerprint density at radius 3 is 2.84 bits per heavy atom. The molecule has 0 saturated carbocycles. The number of halogens is 1. The van der Waals surface area contributed by atoms with Crippen molar-refractivity contribution >= 4 is 29.5 Å². The third-order valence-electron chi connectivity index (χ3n) is 3.70. The summed E-state index contributed by atoms with van der Waals surface area (Å²) in [6.07, 6.45) is 1.56. The van der Waals surface area contributed by atoms with Crippen LogP contribution in [0.5, 0.6) is 0 Å². The number of amides is 1. The van der Waals surface area contributed by atoms with Crippen LogP contribution in [0, 0.1) is 5.41 Å². The lowest BCUT2D eigenvalue weighted by Gasteiger charge is -2.24. The quantitative estimate of drug-likeness (QED) is 0.863. The van der Waals surface area contributed by atoms with Crippen LogP contribution in [0.25, 0.3) is 0 Å². The fraction of sp³-hybridized carbons (Fsp3) is 0.429. The monoisotopic (exact) mass is 280 g/mol. The lowest BCUT2D eigenvalue weighted by molar-refractivity contribution is -0.128. The van der Waals surface area contributed by atoms with Gasteiger partial charge in [0.05, 0.1) is 16.1 Å². The number of nitrogens with zero attached hydrogens (tertiary/aromatic N) is 1. The average molecular weight is 281 g/mol. The zero-order chi connectivity index (χ0) is 14.0. The number of hydrogen-bond acceptors (Lipinski definition) is 3. The van der Waals surface area contributed by atoms with Crippen molar-refractivity contribution in [1.29, 1.82) is 0 Å². The Bertz CT molecular complexity index is 518. The second-order valence-electron chi connectivity index (χ2n) is 5.14. The summed E-state index contributed by atoms with van der Waals surface area (Å²) in [6, 6.07) is 5.23. The van der Waals surface area contributed by atoms with Crippen LogP contribution in [0.4, 0.5) is 5.69 Å². The van der Waals surface area contributed by atoms with Crippen LogP contribution in [0.1, 0.15) is 23.7 Å². The lowest BCUT2D eigenvalue weighted by atomic mass is 9.89. The molecule has 1 heterocycles. The Hall–Kier alpha value is -1.55. The second kappa shape index (κ2) is 5.21. The zero-order valence-corrected chi connectivity index (χ0v) is 11.8. The number of nitrogens with one attached hydrogen (secondary N) is 1. The van der Waals surface area contributed by atoms with Crippen molar-refractivity contribution in [3.8, 4) is 0 Å². The highest BCUT2D eigenvalue weighted by atomic mass is 35.5. The van der Waals surface area contributed by atoms with Gasteiger partial charge in [-0.3, -0.25) is 9.59 Å². The molecular weight excluding hydrogens is 264 g/mol. The molecule has 0 spiro atoms. The van der Waals surface area contributed by atoms with Gasteiger partial charge in [-0.25, -0.2) is 0 Å². The molecule has 1 fully saturated rings. The van der Waals surface area contributed by atoms with Crippen molar-refractivity contribution in [2.45, 2.75) is 13.3 Å². The van der Waals surface area contributed by atoms with Crippen LogP contribution in [-0.4, -0.2) is 32.3 Å². The van der Waals surface area contributed by atoms with Gasteiger partial charge in [-0.05, 0) is 31.5 Å². The van der Waals surface area contributed by atoms with E-state index >= 15 is 0 Å². The predicted molar refractivity (Wildman–Crippen MR) is 75.8 cm³/mol. The van der Waals surface area contributed by atoms with Crippen molar-refractivity contribution in [3.05, 3.63) is 28.8 Å². The van der Waals surface area contributed by atoms with Crippen LogP contribution in [0.15, 0.2) is 18.2 Å². The molecule has 2 rings (SSSR count). The summed E-state index contributed by atoms with van der Waals surface area (Å²) in [7, 11) is 1.65. The van der Waals surface area contributed by atoms with Crippen LogP contribution in [0.3, 0.4) is 0 Å². The molecule has 1 amide bonds. The van der Waals surface area contributed by atoms with Crippen LogP contribution < -0.4 is 10.2 Å². The van der Waals surface area contributed by atoms with Crippen molar-refractivity contribution in [3.63, 3.8) is 0 Å². The van der Waals surface area contributed by atoms with E-state index in [0.29, 0.717) is 17.1 Å². The second-order valence-corrected chi connectivity index (χ2v) is 5.55. The molecule has 1 aliphatic heterocycles. The minimum atomic E-state index is -0.387. The number of carbonyl (C=O) groups excluding carboxylic acids is 2. The first kappa shape index (κ1) is 13.9. The number of carbonyl (C=O) groups is 2. The molecule has 1 N–H and O–H groups in total. The number of aldehydes is 1. The Kier molecular flexibility index (Phi) is 3.80. The average Bonchev–Trinajstić information content (AvgIpc) is 2.81. The SMILES string of the molecule is CNC(=O)C1(C)CCN(c2ccc(C=O)cc2Cl)C1. The summed E-state index contributed by atoms with van der Waals surface area (Å²) in [4.78, 5) is 24.7. The fourth-order valence-electron chi connectivity index (χ4n) is 2.51. The van der Waals surface area contributed by atoms with Crippen molar-refractivity contribution in [2.24, 2.45) is 5.41 Å². The molecule has 1 aromatic rings. The van der Waals surface area contributed by atoms with E-state index in [2.05, 4.69) is 10.2 Å². The molecule has 1 unspecified atom stereocenters. The van der Waals surface area contributed by atoms with Gasteiger partial charge in [-0.15, -0.1) is 0 Å². The molecule has 0 bridgehead atoms. The molecule has 4 nitrogen and oxygen atoms in total. The fourth-order valence-corrected chi connectivity index (χ4v) is 2.82. The third kappa shape index (κ3) is 2.59. The minimum absolute atomic E-state index is 0.0515. The van der Waals surface area contributed by atoms with Gasteiger partial charge >= 0.3 is 0 Å². The van der Waals surface area contributed by atoms with Gasteiger partial charge in [0, 0.05) is 25.7 Å². The Morgan fingerprint density at radius 2 is 2.26 bits per heavy atom. The normalized spacial score (nSPS) is 22.4. The van der Waals surface area contributed by atoms with Crippen LogP contribution in [-0.2, 0) is 4.79 Å². The molecular formula is C14H17ClN2O2. The number of rotatable bonds is 3. The van der Waals surface area contributed by atoms with Crippen molar-refractivity contribution < 1.29 is 9.59 Å². The van der Waals surface area contributed by atoms with Gasteiger partial charge in [0.25, 0.3) is 0 Å². The van der Waals surface area contributed by atoms with Crippen molar-refractivity contribution in [2.75, 3.05) is 25.0 Å². The Morgan fingerprint density at radius 1 is 1.53 bits per heavy atom. The number of hydrogen-bond donors (Lipinski definition) is 1. The predicted octanol–water partition coefficient (Wildman–Crippen LogP) is 2.11. The molecule has 0 aromatic heterocycles. The number of benzene rings is 1. The summed E-state index contributed by atoms with van der Waals surface area (Å²) < 4.78 is 0. The summed E-state index contributed by atoms with van der Waals surface area (Å²) in [5.41, 5.74) is 1.04. The molecule has 0 radical (unpaired) electrons. The molecule has 1 atom stereocenters. The topological polar surface area (TPSA) is 49.4 Å². The molecule has 1 saturated heterocycles. The molecule has 5 heteroatoms. The van der Waals surface area contributed by atoms with E-state index in [9.17, 15) is 9.59 Å². The highest BCUT2D eigenvalue weighted by Gasteiger charge is 2.40. The summed E-state index contributed by atoms with van der Waals surface area (Å²) >= 11 is 6.19. The van der Waals surface area contributed by atoms with Gasteiger partial charge in [0.15, 0.2) is 0 Å². The molecule has 0 aliphatic carbocycles. The van der Waals surface area contributed by atoms with E-state index in [-0.39, 0.29) is 11.3 Å². The first-order valence-electron chi connectivity index (χ1n) is 6.22. The smallest absolute Gasteiger partial charge is 0.227 e.